The van der Waals surface area contributed by atoms with Gasteiger partial charge in [-0.2, -0.15) is 0 Å². The molecule has 1 rings (SSSR count). The Morgan fingerprint density at radius 3 is 1.54 bits per heavy atom. The summed E-state index contributed by atoms with van der Waals surface area (Å²) in [6.45, 7) is 2.72. The first-order valence-corrected chi connectivity index (χ1v) is 26.9. The van der Waals surface area contributed by atoms with E-state index in [1.54, 1.807) is 0 Å². The van der Waals surface area contributed by atoms with E-state index in [1.165, 1.54) is 0 Å². The molecule has 0 saturated heterocycles. The topological polar surface area (TPSA) is 276 Å². The number of hydrogen-bond donors (Lipinski definition) is 8. The van der Waals surface area contributed by atoms with Crippen LogP contribution in [0.4, 0.5) is 0 Å². The monoisotopic (exact) mass is 1000 g/mol. The molecule has 0 radical (unpaired) electrons. The Labute approximate surface area is 403 Å². The standard InChI is InChI=1S/C49H80O17P2/c1-3-5-6-7-8-9-10-11-12-13-14-17-21-24-27-30-33-37-43(52)64-41(39-63-68(60,61)66-49-46(55)44(53)45(54)48(47(49)56)65-67(57,58)59)38-62-42(51)36-32-29-26-23-20-18-15-16-19-22-25-28-31-35-40(50)34-4-2/h5-6,8-9,11-12,14-15,17-19,22-23,26,28,31,40-41,44-50,53-56H,3-4,7,10,13,16,20-21,24-25,27,29-30,32-39H2,1-2H3,(H,60,61)(H2,57,58,59)/b6-5-,9-8-,12-11-,17-14-,18-15-,22-19-,26-23-,31-28-/t40?,41-,44?,45?,46?,47?,48-,49+/m1/s1. The zero-order chi connectivity index (χ0) is 50.5. The Kier molecular flexibility index (Phi) is 35.7. The van der Waals surface area contributed by atoms with Gasteiger partial charge >= 0.3 is 27.6 Å². The first-order chi connectivity index (χ1) is 32.5. The van der Waals surface area contributed by atoms with Crippen LogP contribution in [0.1, 0.15) is 136 Å². The number of phosphoric acid groups is 2. The van der Waals surface area contributed by atoms with Crippen LogP contribution in [0.3, 0.4) is 0 Å². The normalized spacial score (nSPS) is 22.6. The zero-order valence-corrected chi connectivity index (χ0v) is 41.6. The molecule has 17 nitrogen and oxygen atoms in total. The third-order valence-electron chi connectivity index (χ3n) is 10.2. The van der Waals surface area contributed by atoms with Gasteiger partial charge in [0.05, 0.1) is 12.7 Å². The van der Waals surface area contributed by atoms with Crippen molar-refractivity contribution in [2.75, 3.05) is 13.2 Å². The van der Waals surface area contributed by atoms with E-state index in [2.05, 4.69) is 78.3 Å². The highest BCUT2D eigenvalue weighted by atomic mass is 31.2. The minimum Gasteiger partial charge on any atom is -0.462 e. The minimum atomic E-state index is -5.38. The summed E-state index contributed by atoms with van der Waals surface area (Å²) in [4.78, 5) is 54.3. The lowest BCUT2D eigenvalue weighted by molar-refractivity contribution is -0.216. The lowest BCUT2D eigenvalue weighted by Gasteiger charge is -2.43. The molecule has 0 aliphatic heterocycles. The van der Waals surface area contributed by atoms with Gasteiger partial charge in [0.1, 0.15) is 43.2 Å². The Morgan fingerprint density at radius 2 is 1.01 bits per heavy atom. The van der Waals surface area contributed by atoms with Crippen LogP contribution >= 0.6 is 15.6 Å². The van der Waals surface area contributed by atoms with Gasteiger partial charge in [0.25, 0.3) is 0 Å². The van der Waals surface area contributed by atoms with Gasteiger partial charge in [0, 0.05) is 12.8 Å². The second kappa shape index (κ2) is 38.6. The number of carbonyl (C=O) groups excluding carboxylic acids is 2. The van der Waals surface area contributed by atoms with Gasteiger partial charge < -0.3 is 49.7 Å². The molecule has 68 heavy (non-hydrogen) atoms. The van der Waals surface area contributed by atoms with Crippen molar-refractivity contribution in [2.45, 2.75) is 185 Å². The molecular weight excluding hydrogens is 922 g/mol. The van der Waals surface area contributed by atoms with E-state index in [9.17, 15) is 58.9 Å². The molecule has 9 atom stereocenters. The van der Waals surface area contributed by atoms with Crippen molar-refractivity contribution in [3.8, 4) is 0 Å². The first-order valence-electron chi connectivity index (χ1n) is 23.9. The predicted molar refractivity (Wildman–Crippen MR) is 261 cm³/mol. The Morgan fingerprint density at radius 1 is 0.544 bits per heavy atom. The largest absolute Gasteiger partial charge is 0.472 e. The van der Waals surface area contributed by atoms with Gasteiger partial charge in [-0.15, -0.1) is 0 Å². The van der Waals surface area contributed by atoms with Crippen molar-refractivity contribution >= 4 is 27.6 Å². The summed E-state index contributed by atoms with van der Waals surface area (Å²) in [6, 6.07) is 0. The molecule has 0 bridgehead atoms. The highest BCUT2D eigenvalue weighted by molar-refractivity contribution is 7.47. The van der Waals surface area contributed by atoms with Crippen LogP contribution in [0.15, 0.2) is 97.2 Å². The number of allylic oxidation sites excluding steroid dienone is 15. The predicted octanol–water partition coefficient (Wildman–Crippen LogP) is 8.14. The fraction of sp³-hybridized carbons (Fsp3) is 0.633. The number of unbranched alkanes of at least 4 members (excludes halogenated alkanes) is 5. The lowest BCUT2D eigenvalue weighted by Crippen LogP contribution is -2.64. The molecule has 0 aromatic heterocycles. The van der Waals surface area contributed by atoms with Crippen molar-refractivity contribution in [3.05, 3.63) is 97.2 Å². The molecular formula is C49H80O17P2. The number of esters is 2. The quantitative estimate of drug-likeness (QED) is 0.0125. The third kappa shape index (κ3) is 32.6. The zero-order valence-electron chi connectivity index (χ0n) is 39.9. The van der Waals surface area contributed by atoms with E-state index in [0.717, 1.165) is 77.0 Å². The van der Waals surface area contributed by atoms with Crippen LogP contribution in [0.25, 0.3) is 0 Å². The summed E-state index contributed by atoms with van der Waals surface area (Å²) in [5.74, 6) is -1.33. The molecule has 0 aromatic rings. The molecule has 1 aliphatic carbocycles. The lowest BCUT2D eigenvalue weighted by atomic mass is 9.85. The molecule has 8 N–H and O–H groups in total. The van der Waals surface area contributed by atoms with Crippen LogP contribution < -0.4 is 0 Å². The Bertz CT molecular complexity index is 1700. The van der Waals surface area contributed by atoms with Crippen LogP contribution in [-0.2, 0) is 41.8 Å². The number of aliphatic hydroxyl groups is 5. The highest BCUT2D eigenvalue weighted by Crippen LogP contribution is 2.49. The molecule has 1 saturated carbocycles. The third-order valence-corrected chi connectivity index (χ3v) is 11.7. The van der Waals surface area contributed by atoms with Gasteiger partial charge in [0.2, 0.25) is 0 Å². The number of hydrogen-bond acceptors (Lipinski definition) is 14. The summed E-state index contributed by atoms with van der Waals surface area (Å²) >= 11 is 0. The summed E-state index contributed by atoms with van der Waals surface area (Å²) in [5, 5.41) is 51.0. The average Bonchev–Trinajstić information content (AvgIpc) is 3.29. The van der Waals surface area contributed by atoms with Crippen molar-refractivity contribution in [1.82, 2.24) is 0 Å². The fourth-order valence-electron chi connectivity index (χ4n) is 6.55. The van der Waals surface area contributed by atoms with Crippen molar-refractivity contribution in [1.29, 1.82) is 0 Å². The number of aliphatic hydroxyl groups excluding tert-OH is 5. The molecule has 0 aromatic carbocycles. The van der Waals surface area contributed by atoms with Gasteiger partial charge in [0.15, 0.2) is 6.10 Å². The van der Waals surface area contributed by atoms with Crippen LogP contribution in [0.2, 0.25) is 0 Å². The van der Waals surface area contributed by atoms with E-state index in [0.29, 0.717) is 32.1 Å². The molecule has 0 amide bonds. The average molecular weight is 1000 g/mol. The maximum Gasteiger partial charge on any atom is 0.472 e. The number of rotatable bonds is 38. The molecule has 19 heteroatoms. The van der Waals surface area contributed by atoms with E-state index >= 15 is 0 Å². The minimum absolute atomic E-state index is 0.00907. The second-order valence-electron chi connectivity index (χ2n) is 16.3. The summed E-state index contributed by atoms with van der Waals surface area (Å²) in [7, 11) is -10.7. The molecule has 6 unspecified atom stereocenters. The first kappa shape index (κ1) is 62.9. The van der Waals surface area contributed by atoms with Crippen molar-refractivity contribution < 1.29 is 82.0 Å². The second-order valence-corrected chi connectivity index (χ2v) is 18.9. The number of carbonyl (C=O) groups is 2. The van der Waals surface area contributed by atoms with E-state index < -0.39 is 83.5 Å². The molecule has 1 aliphatic rings. The Hall–Kier alpha value is -3.12. The van der Waals surface area contributed by atoms with Crippen LogP contribution in [-0.4, -0.2) is 114 Å². The highest BCUT2D eigenvalue weighted by Gasteiger charge is 2.54. The summed E-state index contributed by atoms with van der Waals surface area (Å²) in [6.07, 6.45) is 31.4. The SMILES string of the molecule is CC/C=C\C/C=C\C/C=C\C/C=C\CCCCCCC(=O)O[C@H](COC(=O)CCC/C=C\C/C=C\C/C=C\C/C=C\CC(O)CCC)COP(=O)(O)O[C@H]1C(O)C(O)C(O)[C@@H](OP(=O)(O)O)C1O. The van der Waals surface area contributed by atoms with E-state index in [4.69, 9.17) is 18.5 Å². The number of ether oxygens (including phenoxy) is 2. The van der Waals surface area contributed by atoms with Gasteiger partial charge in [-0.1, -0.05) is 130 Å². The fourth-order valence-corrected chi connectivity index (χ4v) is 8.09. The summed E-state index contributed by atoms with van der Waals surface area (Å²) < 4.78 is 49.3. The maximum atomic E-state index is 13.0. The van der Waals surface area contributed by atoms with Crippen LogP contribution in [0.5, 0.6) is 0 Å². The molecule has 1 fully saturated rings. The smallest absolute Gasteiger partial charge is 0.462 e. The Balaban J connectivity index is 2.66. The maximum absolute atomic E-state index is 13.0. The van der Waals surface area contributed by atoms with Gasteiger partial charge in [-0.25, -0.2) is 9.13 Å². The summed E-state index contributed by atoms with van der Waals surface area (Å²) in [5.41, 5.74) is 0. The van der Waals surface area contributed by atoms with Crippen molar-refractivity contribution in [2.24, 2.45) is 0 Å². The molecule has 0 spiro atoms. The van der Waals surface area contributed by atoms with E-state index in [-0.39, 0.29) is 18.9 Å². The van der Waals surface area contributed by atoms with E-state index in [1.807, 2.05) is 37.3 Å². The van der Waals surface area contributed by atoms with Gasteiger partial charge in [-0.05, 0) is 89.9 Å². The molecule has 0 heterocycles. The van der Waals surface area contributed by atoms with Crippen molar-refractivity contribution in [3.63, 3.8) is 0 Å². The molecule has 388 valence electrons. The van der Waals surface area contributed by atoms with Gasteiger partial charge in [-0.3, -0.25) is 23.2 Å². The number of phosphoric ester groups is 2. The van der Waals surface area contributed by atoms with Crippen LogP contribution in [0, 0.1) is 0 Å².